The summed E-state index contributed by atoms with van der Waals surface area (Å²) in [4.78, 5) is 12.4. The van der Waals surface area contributed by atoms with Gasteiger partial charge in [0.05, 0.1) is 14.2 Å². The van der Waals surface area contributed by atoms with Gasteiger partial charge < -0.3 is 20.1 Å². The third-order valence-corrected chi connectivity index (χ3v) is 3.61. The van der Waals surface area contributed by atoms with Crippen LogP contribution in [0.1, 0.15) is 21.5 Å². The second kappa shape index (κ2) is 9.15. The van der Waals surface area contributed by atoms with Crippen molar-refractivity contribution in [2.75, 3.05) is 26.6 Å². The third kappa shape index (κ3) is 4.63. The Labute approximate surface area is 148 Å². The summed E-state index contributed by atoms with van der Waals surface area (Å²) in [7, 11) is 5.04. The minimum Gasteiger partial charge on any atom is -0.496 e. The number of nitrogens with one attached hydrogen (secondary N) is 2. The molecule has 0 spiro atoms. The van der Waals surface area contributed by atoms with Crippen LogP contribution in [-0.2, 0) is 6.54 Å². The molecule has 24 heavy (non-hydrogen) atoms. The van der Waals surface area contributed by atoms with Gasteiger partial charge in [0.2, 0.25) is 0 Å². The van der Waals surface area contributed by atoms with E-state index in [2.05, 4.69) is 10.6 Å². The van der Waals surface area contributed by atoms with Crippen molar-refractivity contribution >= 4 is 24.0 Å². The van der Waals surface area contributed by atoms with E-state index >= 15 is 0 Å². The van der Waals surface area contributed by atoms with Crippen molar-refractivity contribution in [1.82, 2.24) is 5.32 Å². The molecular formula is C18H23ClN2O3. The number of carbonyl (C=O) groups excluding carboxylic acids is 1. The van der Waals surface area contributed by atoms with Gasteiger partial charge >= 0.3 is 0 Å². The molecule has 1 amide bonds. The Morgan fingerprint density at radius 2 is 1.58 bits per heavy atom. The Balaban J connectivity index is 0.00000288. The molecule has 0 saturated carbocycles. The number of anilines is 1. The van der Waals surface area contributed by atoms with Gasteiger partial charge in [-0.25, -0.2) is 0 Å². The van der Waals surface area contributed by atoms with Crippen molar-refractivity contribution in [3.05, 3.63) is 53.1 Å². The van der Waals surface area contributed by atoms with Crippen molar-refractivity contribution in [2.45, 2.75) is 13.5 Å². The van der Waals surface area contributed by atoms with Crippen LogP contribution in [0.3, 0.4) is 0 Å². The van der Waals surface area contributed by atoms with Crippen LogP contribution in [0.2, 0.25) is 0 Å². The predicted octanol–water partition coefficient (Wildman–Crippen LogP) is 3.41. The zero-order valence-corrected chi connectivity index (χ0v) is 15.1. The van der Waals surface area contributed by atoms with Gasteiger partial charge in [0, 0.05) is 23.4 Å². The van der Waals surface area contributed by atoms with E-state index in [9.17, 15) is 4.79 Å². The quantitative estimate of drug-likeness (QED) is 0.838. The molecule has 0 atom stereocenters. The monoisotopic (exact) mass is 350 g/mol. The molecule has 0 fully saturated rings. The van der Waals surface area contributed by atoms with Crippen LogP contribution in [-0.4, -0.2) is 27.2 Å². The van der Waals surface area contributed by atoms with Crippen LogP contribution < -0.4 is 20.1 Å². The molecule has 0 aliphatic carbocycles. The molecular weight excluding hydrogens is 328 g/mol. The molecule has 0 bridgehead atoms. The van der Waals surface area contributed by atoms with E-state index in [0.717, 1.165) is 23.4 Å². The number of benzene rings is 2. The summed E-state index contributed by atoms with van der Waals surface area (Å²) in [6, 6.07) is 11.1. The smallest absolute Gasteiger partial charge is 0.255 e. The van der Waals surface area contributed by atoms with Gasteiger partial charge in [-0.15, -0.1) is 12.4 Å². The number of rotatable bonds is 6. The fraction of sp³-hybridized carbons (Fsp3) is 0.278. The highest BCUT2D eigenvalue weighted by Crippen LogP contribution is 2.29. The maximum Gasteiger partial charge on any atom is 0.255 e. The average Bonchev–Trinajstić information content (AvgIpc) is 2.57. The van der Waals surface area contributed by atoms with Crippen molar-refractivity contribution in [2.24, 2.45) is 0 Å². The molecule has 0 unspecified atom stereocenters. The molecule has 2 N–H and O–H groups in total. The van der Waals surface area contributed by atoms with Crippen molar-refractivity contribution in [1.29, 1.82) is 0 Å². The van der Waals surface area contributed by atoms with Crippen LogP contribution >= 0.6 is 12.4 Å². The lowest BCUT2D eigenvalue weighted by Crippen LogP contribution is -2.13. The Bertz CT molecular complexity index is 662. The standard InChI is InChI=1S/C18H22N2O3.ClH/c1-12-16(22-3)9-14(10-17(12)23-4)18(21)20-15-7-5-13(6-8-15)11-19-2;/h5-10,19H,11H2,1-4H3,(H,20,21);1H. The Kier molecular flexibility index (Phi) is 7.55. The van der Waals surface area contributed by atoms with Gasteiger partial charge in [0.25, 0.3) is 5.91 Å². The van der Waals surface area contributed by atoms with E-state index in [-0.39, 0.29) is 18.3 Å². The van der Waals surface area contributed by atoms with Gasteiger partial charge in [0.1, 0.15) is 11.5 Å². The Hall–Kier alpha value is -2.24. The normalized spacial score (nSPS) is 9.83. The molecule has 0 aliphatic rings. The van der Waals surface area contributed by atoms with Crippen molar-refractivity contribution in [3.63, 3.8) is 0 Å². The molecule has 2 aromatic carbocycles. The lowest BCUT2D eigenvalue weighted by Gasteiger charge is -2.13. The van der Waals surface area contributed by atoms with Gasteiger partial charge in [0.15, 0.2) is 0 Å². The van der Waals surface area contributed by atoms with Crippen LogP contribution in [0, 0.1) is 6.92 Å². The molecule has 5 nitrogen and oxygen atoms in total. The van der Waals surface area contributed by atoms with Gasteiger partial charge in [-0.3, -0.25) is 4.79 Å². The van der Waals surface area contributed by atoms with E-state index in [1.807, 2.05) is 38.2 Å². The highest BCUT2D eigenvalue weighted by Gasteiger charge is 2.13. The van der Waals surface area contributed by atoms with Gasteiger partial charge in [-0.1, -0.05) is 12.1 Å². The Morgan fingerprint density at radius 1 is 1.04 bits per heavy atom. The molecule has 0 aromatic heterocycles. The Morgan fingerprint density at radius 3 is 2.04 bits per heavy atom. The minimum absolute atomic E-state index is 0. The first-order chi connectivity index (χ1) is 11.1. The number of carbonyl (C=O) groups is 1. The fourth-order valence-corrected chi connectivity index (χ4v) is 2.33. The maximum absolute atomic E-state index is 12.4. The summed E-state index contributed by atoms with van der Waals surface area (Å²) in [6.07, 6.45) is 0. The number of ether oxygens (including phenoxy) is 2. The molecule has 0 saturated heterocycles. The highest BCUT2D eigenvalue weighted by atomic mass is 35.5. The SMILES string of the molecule is CNCc1ccc(NC(=O)c2cc(OC)c(C)c(OC)c2)cc1.Cl. The summed E-state index contributed by atoms with van der Waals surface area (Å²) < 4.78 is 10.6. The van der Waals surface area contributed by atoms with Gasteiger partial charge in [-0.05, 0) is 43.8 Å². The lowest BCUT2D eigenvalue weighted by atomic mass is 10.1. The minimum atomic E-state index is -0.206. The second-order valence-electron chi connectivity index (χ2n) is 5.19. The summed E-state index contributed by atoms with van der Waals surface area (Å²) in [5, 5.41) is 5.96. The number of halogens is 1. The van der Waals surface area contributed by atoms with Crippen LogP contribution in [0.25, 0.3) is 0 Å². The number of methoxy groups -OCH3 is 2. The first kappa shape index (κ1) is 19.8. The highest BCUT2D eigenvalue weighted by molar-refractivity contribution is 6.05. The molecule has 130 valence electrons. The topological polar surface area (TPSA) is 59.6 Å². The predicted molar refractivity (Wildman–Crippen MR) is 98.7 cm³/mol. The van der Waals surface area contributed by atoms with Crippen molar-refractivity contribution < 1.29 is 14.3 Å². The summed E-state index contributed by atoms with van der Waals surface area (Å²) in [6.45, 7) is 2.68. The average molecular weight is 351 g/mol. The molecule has 2 aromatic rings. The maximum atomic E-state index is 12.4. The van der Waals surface area contributed by atoms with E-state index in [0.29, 0.717) is 17.1 Å². The number of hydrogen-bond donors (Lipinski definition) is 2. The molecule has 0 aliphatic heterocycles. The first-order valence-corrected chi connectivity index (χ1v) is 7.36. The fourth-order valence-electron chi connectivity index (χ4n) is 2.33. The molecule has 0 radical (unpaired) electrons. The third-order valence-electron chi connectivity index (χ3n) is 3.61. The molecule has 0 heterocycles. The first-order valence-electron chi connectivity index (χ1n) is 7.36. The number of hydrogen-bond acceptors (Lipinski definition) is 4. The van der Waals surface area contributed by atoms with E-state index in [1.165, 1.54) is 0 Å². The van der Waals surface area contributed by atoms with E-state index in [4.69, 9.17) is 9.47 Å². The van der Waals surface area contributed by atoms with Gasteiger partial charge in [-0.2, -0.15) is 0 Å². The van der Waals surface area contributed by atoms with Crippen LogP contribution in [0.4, 0.5) is 5.69 Å². The van der Waals surface area contributed by atoms with Crippen molar-refractivity contribution in [3.8, 4) is 11.5 Å². The van der Waals surface area contributed by atoms with Crippen LogP contribution in [0.15, 0.2) is 36.4 Å². The summed E-state index contributed by atoms with van der Waals surface area (Å²) in [5.74, 6) is 1.04. The zero-order chi connectivity index (χ0) is 16.8. The lowest BCUT2D eigenvalue weighted by molar-refractivity contribution is 0.102. The molecule has 6 heteroatoms. The molecule has 2 rings (SSSR count). The number of amides is 1. The van der Waals surface area contributed by atoms with E-state index in [1.54, 1.807) is 26.4 Å². The summed E-state index contributed by atoms with van der Waals surface area (Å²) in [5.41, 5.74) is 3.25. The second-order valence-corrected chi connectivity index (χ2v) is 5.19. The summed E-state index contributed by atoms with van der Waals surface area (Å²) >= 11 is 0. The van der Waals surface area contributed by atoms with Crippen LogP contribution in [0.5, 0.6) is 11.5 Å². The van der Waals surface area contributed by atoms with E-state index < -0.39 is 0 Å². The largest absolute Gasteiger partial charge is 0.496 e. The zero-order valence-electron chi connectivity index (χ0n) is 14.3.